The average Bonchev–Trinajstić information content (AvgIpc) is 3.29. The number of aromatic nitrogens is 2. The van der Waals surface area contributed by atoms with Gasteiger partial charge in [-0.3, -0.25) is 9.59 Å². The van der Waals surface area contributed by atoms with Crippen molar-refractivity contribution < 1.29 is 23.8 Å². The number of nitrogens with zero attached hydrogens (tertiary/aromatic N) is 2. The van der Waals surface area contributed by atoms with Gasteiger partial charge in [-0.2, -0.15) is 0 Å². The maximum atomic E-state index is 12.5. The molecule has 2 aromatic carbocycles. The third kappa shape index (κ3) is 5.68. The molecule has 0 radical (unpaired) electrons. The number of para-hydroxylation sites is 2. The van der Waals surface area contributed by atoms with Crippen LogP contribution in [0.5, 0.6) is 5.75 Å². The quantitative estimate of drug-likeness (QED) is 0.446. The number of amides is 1. The predicted molar refractivity (Wildman–Crippen MR) is 122 cm³/mol. The molecule has 1 fully saturated rings. The lowest BCUT2D eigenvalue weighted by atomic mass is 9.77. The summed E-state index contributed by atoms with van der Waals surface area (Å²) < 4.78 is 10.7. The number of carbonyl (C=O) groups is 2. The highest BCUT2D eigenvalue weighted by molar-refractivity contribution is 6.00. The summed E-state index contributed by atoms with van der Waals surface area (Å²) in [6.07, 6.45) is 4.07. The largest absolute Gasteiger partial charge is 0.495 e. The number of hydrogen-bond donors (Lipinski definition) is 3. The lowest BCUT2D eigenvalue weighted by molar-refractivity contribution is -0.138. The first-order valence-electron chi connectivity index (χ1n) is 10.9. The van der Waals surface area contributed by atoms with E-state index in [9.17, 15) is 9.59 Å². The topological polar surface area (TPSA) is 127 Å². The number of rotatable bonds is 8. The van der Waals surface area contributed by atoms with E-state index in [0.717, 1.165) is 25.7 Å². The van der Waals surface area contributed by atoms with Crippen molar-refractivity contribution >= 4 is 29.3 Å². The van der Waals surface area contributed by atoms with E-state index in [1.807, 2.05) is 36.4 Å². The minimum atomic E-state index is -0.720. The van der Waals surface area contributed by atoms with Gasteiger partial charge in [-0.1, -0.05) is 29.4 Å². The molecule has 9 nitrogen and oxygen atoms in total. The van der Waals surface area contributed by atoms with Crippen LogP contribution in [0.4, 0.5) is 17.4 Å². The van der Waals surface area contributed by atoms with Crippen LogP contribution in [0.15, 0.2) is 52.9 Å². The molecule has 1 saturated carbocycles. The van der Waals surface area contributed by atoms with Crippen LogP contribution >= 0.6 is 0 Å². The fourth-order valence-corrected chi connectivity index (χ4v) is 4.20. The smallest absolute Gasteiger partial charge is 0.320 e. The summed E-state index contributed by atoms with van der Waals surface area (Å²) in [4.78, 5) is 23.4. The van der Waals surface area contributed by atoms with Gasteiger partial charge in [0, 0.05) is 12.1 Å². The Labute approximate surface area is 191 Å². The fraction of sp³-hybridized carbons (Fsp3) is 0.333. The molecule has 0 saturated heterocycles. The normalized spacial score (nSPS) is 17.8. The highest BCUT2D eigenvalue weighted by atomic mass is 16.5. The van der Waals surface area contributed by atoms with Crippen molar-refractivity contribution in [2.24, 2.45) is 5.92 Å². The first-order chi connectivity index (χ1) is 16.0. The zero-order chi connectivity index (χ0) is 23.2. The third-order valence-corrected chi connectivity index (χ3v) is 5.92. The number of carbonyl (C=O) groups excluding carboxylic acids is 1. The summed E-state index contributed by atoms with van der Waals surface area (Å²) in [5.74, 6) is -0.0844. The molecular weight excluding hydrogens is 424 g/mol. The van der Waals surface area contributed by atoms with Crippen molar-refractivity contribution in [3.8, 4) is 5.75 Å². The van der Waals surface area contributed by atoms with E-state index in [0.29, 0.717) is 23.0 Å². The number of carboxylic acid groups (broad SMARTS) is 1. The van der Waals surface area contributed by atoms with Crippen molar-refractivity contribution in [1.82, 2.24) is 10.2 Å². The van der Waals surface area contributed by atoms with Gasteiger partial charge in [-0.05, 0) is 67.3 Å². The maximum absolute atomic E-state index is 12.5. The molecule has 1 aromatic heterocycles. The van der Waals surface area contributed by atoms with Crippen LogP contribution in [0.3, 0.4) is 0 Å². The Morgan fingerprint density at radius 3 is 2.48 bits per heavy atom. The fourth-order valence-electron chi connectivity index (χ4n) is 4.20. The van der Waals surface area contributed by atoms with E-state index < -0.39 is 11.9 Å². The summed E-state index contributed by atoms with van der Waals surface area (Å²) in [5.41, 5.74) is 2.46. The van der Waals surface area contributed by atoms with Gasteiger partial charge >= 0.3 is 23.8 Å². The Kier molecular flexibility index (Phi) is 6.87. The number of methoxy groups -OCH3 is 1. The molecule has 9 heteroatoms. The molecule has 4 rings (SSSR count). The van der Waals surface area contributed by atoms with E-state index in [4.69, 9.17) is 14.3 Å². The standard InChI is InChI=1S/C24H26N4O5/c1-32-20-5-3-2-4-19(20)26-24-28-27-23(33-24)22(31)25-18-12-10-17(11-13-18)16-8-6-15(7-9-16)14-21(29)30/h2-5,10-13,15-16H,6-9,14H2,1H3,(H,25,31)(H,26,28)(H,29,30). The Morgan fingerprint density at radius 1 is 1.06 bits per heavy atom. The number of nitrogens with one attached hydrogen (secondary N) is 2. The molecule has 0 atom stereocenters. The van der Waals surface area contributed by atoms with E-state index in [1.165, 1.54) is 5.56 Å². The van der Waals surface area contributed by atoms with Gasteiger partial charge in [0.15, 0.2) is 0 Å². The number of aliphatic carboxylic acids is 1. The average molecular weight is 450 g/mol. The van der Waals surface area contributed by atoms with Crippen LogP contribution in [0.25, 0.3) is 0 Å². The van der Waals surface area contributed by atoms with Crippen LogP contribution in [-0.2, 0) is 4.79 Å². The Morgan fingerprint density at radius 2 is 1.79 bits per heavy atom. The predicted octanol–water partition coefficient (Wildman–Crippen LogP) is 4.82. The zero-order valence-electron chi connectivity index (χ0n) is 18.3. The van der Waals surface area contributed by atoms with Gasteiger partial charge in [0.2, 0.25) is 0 Å². The monoisotopic (exact) mass is 450 g/mol. The molecule has 1 heterocycles. The van der Waals surface area contributed by atoms with Crippen molar-refractivity contribution in [2.45, 2.75) is 38.0 Å². The highest BCUT2D eigenvalue weighted by Gasteiger charge is 2.24. The van der Waals surface area contributed by atoms with E-state index in [-0.39, 0.29) is 24.2 Å². The SMILES string of the molecule is COc1ccccc1Nc1nnc(C(=O)Nc2ccc(C3CCC(CC(=O)O)CC3)cc2)o1. The van der Waals surface area contributed by atoms with Gasteiger partial charge in [-0.15, -0.1) is 5.10 Å². The second-order valence-electron chi connectivity index (χ2n) is 8.13. The van der Waals surface area contributed by atoms with Gasteiger partial charge in [0.25, 0.3) is 0 Å². The minimum Gasteiger partial charge on any atom is -0.495 e. The van der Waals surface area contributed by atoms with E-state index >= 15 is 0 Å². The molecule has 0 unspecified atom stereocenters. The number of ether oxygens (including phenoxy) is 1. The molecule has 0 bridgehead atoms. The van der Waals surface area contributed by atoms with Crippen LogP contribution < -0.4 is 15.4 Å². The highest BCUT2D eigenvalue weighted by Crippen LogP contribution is 2.37. The maximum Gasteiger partial charge on any atom is 0.320 e. The summed E-state index contributed by atoms with van der Waals surface area (Å²) >= 11 is 0. The van der Waals surface area contributed by atoms with Gasteiger partial charge < -0.3 is 24.9 Å². The van der Waals surface area contributed by atoms with Crippen molar-refractivity contribution in [1.29, 1.82) is 0 Å². The first-order valence-corrected chi connectivity index (χ1v) is 10.9. The van der Waals surface area contributed by atoms with Gasteiger partial charge in [0.05, 0.1) is 12.8 Å². The van der Waals surface area contributed by atoms with Crippen molar-refractivity contribution in [3.63, 3.8) is 0 Å². The van der Waals surface area contributed by atoms with Crippen LogP contribution in [-0.4, -0.2) is 34.3 Å². The van der Waals surface area contributed by atoms with Crippen molar-refractivity contribution in [3.05, 3.63) is 60.0 Å². The lowest BCUT2D eigenvalue weighted by Gasteiger charge is -2.28. The summed E-state index contributed by atoms with van der Waals surface area (Å²) in [6, 6.07) is 15.0. The Hall–Kier alpha value is -3.88. The number of carboxylic acids is 1. The number of anilines is 3. The second kappa shape index (κ2) is 10.2. The summed E-state index contributed by atoms with van der Waals surface area (Å²) in [6.45, 7) is 0. The van der Waals surface area contributed by atoms with Crippen LogP contribution in [0, 0.1) is 5.92 Å². The number of hydrogen-bond acceptors (Lipinski definition) is 7. The Balaban J connectivity index is 1.32. The van der Waals surface area contributed by atoms with Gasteiger partial charge in [0.1, 0.15) is 5.75 Å². The molecule has 172 valence electrons. The molecule has 3 aromatic rings. The zero-order valence-corrected chi connectivity index (χ0v) is 18.3. The summed E-state index contributed by atoms with van der Waals surface area (Å²) in [7, 11) is 1.56. The minimum absolute atomic E-state index is 0.0819. The van der Waals surface area contributed by atoms with E-state index in [2.05, 4.69) is 20.8 Å². The van der Waals surface area contributed by atoms with Gasteiger partial charge in [-0.25, -0.2) is 0 Å². The molecule has 33 heavy (non-hydrogen) atoms. The molecule has 1 amide bonds. The van der Waals surface area contributed by atoms with E-state index in [1.54, 1.807) is 19.2 Å². The third-order valence-electron chi connectivity index (χ3n) is 5.92. The molecule has 0 spiro atoms. The first kappa shape index (κ1) is 22.3. The number of benzene rings is 2. The Bertz CT molecular complexity index is 1100. The lowest BCUT2D eigenvalue weighted by Crippen LogP contribution is -2.16. The molecular formula is C24H26N4O5. The molecule has 3 N–H and O–H groups in total. The second-order valence-corrected chi connectivity index (χ2v) is 8.13. The molecule has 1 aliphatic carbocycles. The summed E-state index contributed by atoms with van der Waals surface area (Å²) in [5, 5.41) is 22.3. The molecule has 0 aliphatic heterocycles. The van der Waals surface area contributed by atoms with Crippen LogP contribution in [0.1, 0.15) is 54.3 Å². The van der Waals surface area contributed by atoms with Crippen LogP contribution in [0.2, 0.25) is 0 Å². The van der Waals surface area contributed by atoms with Crippen molar-refractivity contribution in [2.75, 3.05) is 17.7 Å². The molecule has 1 aliphatic rings.